The van der Waals surface area contributed by atoms with E-state index in [4.69, 9.17) is 9.47 Å². The molecule has 0 aromatic heterocycles. The molecular formula is C23H26F2O4. The van der Waals surface area contributed by atoms with Crippen molar-refractivity contribution in [2.75, 3.05) is 0 Å². The number of hydrogen-bond donors (Lipinski definition) is 2. The van der Waals surface area contributed by atoms with Crippen LogP contribution >= 0.6 is 0 Å². The molecule has 0 amide bonds. The predicted molar refractivity (Wildman–Crippen MR) is 104 cm³/mol. The highest BCUT2D eigenvalue weighted by molar-refractivity contribution is 5.36. The first-order chi connectivity index (χ1) is 14.0. The summed E-state index contributed by atoms with van der Waals surface area (Å²) in [6.45, 7) is 0. The average Bonchev–Trinajstić information content (AvgIpc) is 2.72. The van der Waals surface area contributed by atoms with Crippen molar-refractivity contribution in [3.63, 3.8) is 0 Å². The quantitative estimate of drug-likeness (QED) is 0.766. The van der Waals surface area contributed by atoms with Crippen molar-refractivity contribution in [1.82, 2.24) is 0 Å². The van der Waals surface area contributed by atoms with E-state index < -0.39 is 12.2 Å². The zero-order valence-corrected chi connectivity index (χ0v) is 16.2. The molecule has 0 aliphatic carbocycles. The first-order valence-corrected chi connectivity index (χ1v) is 10.3. The first-order valence-electron chi connectivity index (χ1n) is 10.3. The smallest absolute Gasteiger partial charge is 0.125 e. The minimum Gasteiger partial charge on any atom is -0.487 e. The number of aliphatic hydroxyl groups is 2. The van der Waals surface area contributed by atoms with Crippen LogP contribution in [0.3, 0.4) is 0 Å². The van der Waals surface area contributed by atoms with E-state index in [-0.39, 0.29) is 23.8 Å². The van der Waals surface area contributed by atoms with Crippen LogP contribution in [0.2, 0.25) is 0 Å². The summed E-state index contributed by atoms with van der Waals surface area (Å²) in [4.78, 5) is 0. The number of aryl methyl sites for hydroxylation is 2. The second-order valence-electron chi connectivity index (χ2n) is 7.96. The van der Waals surface area contributed by atoms with Crippen LogP contribution in [0.5, 0.6) is 11.5 Å². The Hall–Kier alpha value is -2.18. The summed E-state index contributed by atoms with van der Waals surface area (Å²) >= 11 is 0. The second kappa shape index (κ2) is 8.67. The summed E-state index contributed by atoms with van der Waals surface area (Å²) in [6.07, 6.45) is 2.34. The van der Waals surface area contributed by atoms with Gasteiger partial charge in [0.2, 0.25) is 0 Å². The molecule has 0 saturated carbocycles. The van der Waals surface area contributed by atoms with E-state index in [0.717, 1.165) is 11.1 Å². The first kappa shape index (κ1) is 20.1. The van der Waals surface area contributed by atoms with Crippen LogP contribution in [0, 0.1) is 11.6 Å². The summed E-state index contributed by atoms with van der Waals surface area (Å²) in [5.41, 5.74) is 1.66. The summed E-state index contributed by atoms with van der Waals surface area (Å²) in [7, 11) is 0. The number of fused-ring (bicyclic) bond motifs is 2. The van der Waals surface area contributed by atoms with Gasteiger partial charge in [-0.2, -0.15) is 0 Å². The highest BCUT2D eigenvalue weighted by Gasteiger charge is 2.29. The third-order valence-electron chi connectivity index (χ3n) is 5.86. The van der Waals surface area contributed by atoms with Crippen LogP contribution in [-0.2, 0) is 12.8 Å². The Kier molecular flexibility index (Phi) is 6.01. The van der Waals surface area contributed by atoms with Crippen molar-refractivity contribution in [3.05, 3.63) is 59.2 Å². The Morgan fingerprint density at radius 2 is 1.24 bits per heavy atom. The Balaban J connectivity index is 1.24. The fourth-order valence-corrected chi connectivity index (χ4v) is 4.21. The van der Waals surface area contributed by atoms with Crippen molar-refractivity contribution >= 4 is 0 Å². The van der Waals surface area contributed by atoms with Crippen molar-refractivity contribution in [2.24, 2.45) is 0 Å². The molecule has 4 atom stereocenters. The van der Waals surface area contributed by atoms with Gasteiger partial charge in [0, 0.05) is 0 Å². The number of hydrogen-bond acceptors (Lipinski definition) is 4. The molecule has 2 aromatic rings. The summed E-state index contributed by atoms with van der Waals surface area (Å²) in [5, 5.41) is 21.0. The average molecular weight is 404 g/mol. The Labute approximate surface area is 169 Å². The van der Waals surface area contributed by atoms with Gasteiger partial charge < -0.3 is 19.7 Å². The highest BCUT2D eigenvalue weighted by atomic mass is 19.1. The molecule has 2 aliphatic rings. The van der Waals surface area contributed by atoms with Gasteiger partial charge in [0.15, 0.2) is 0 Å². The molecule has 0 unspecified atom stereocenters. The van der Waals surface area contributed by atoms with Crippen molar-refractivity contribution in [3.8, 4) is 11.5 Å². The lowest BCUT2D eigenvalue weighted by atomic mass is 9.94. The lowest BCUT2D eigenvalue weighted by Gasteiger charge is -2.31. The maximum atomic E-state index is 13.3. The molecule has 2 aromatic carbocycles. The Morgan fingerprint density at radius 1 is 0.793 bits per heavy atom. The molecule has 2 aliphatic heterocycles. The van der Waals surface area contributed by atoms with Gasteiger partial charge in [0.1, 0.15) is 35.3 Å². The van der Waals surface area contributed by atoms with Crippen molar-refractivity contribution in [1.29, 1.82) is 0 Å². The third kappa shape index (κ3) is 4.70. The van der Waals surface area contributed by atoms with Gasteiger partial charge in [-0.25, -0.2) is 8.78 Å². The van der Waals surface area contributed by atoms with Gasteiger partial charge >= 0.3 is 0 Å². The minimum absolute atomic E-state index is 0.280. The molecule has 0 bridgehead atoms. The molecule has 4 nitrogen and oxygen atoms in total. The monoisotopic (exact) mass is 404 g/mol. The molecule has 0 fully saturated rings. The van der Waals surface area contributed by atoms with Crippen LogP contribution in [0.4, 0.5) is 8.78 Å². The van der Waals surface area contributed by atoms with E-state index in [0.29, 0.717) is 56.4 Å². The number of halogens is 2. The molecule has 2 N–H and O–H groups in total. The van der Waals surface area contributed by atoms with Crippen LogP contribution in [0.1, 0.15) is 43.2 Å². The SMILES string of the molecule is O[C@H](CCC[C@@H](O)[C@H]1CCc2cc(F)ccc2O1)[C@@H]1CCc2cc(F)ccc2O1. The van der Waals surface area contributed by atoms with E-state index in [9.17, 15) is 19.0 Å². The summed E-state index contributed by atoms with van der Waals surface area (Å²) < 4.78 is 38.3. The van der Waals surface area contributed by atoms with Gasteiger partial charge in [0.05, 0.1) is 12.2 Å². The number of aliphatic hydroxyl groups excluding tert-OH is 2. The molecule has 0 spiro atoms. The van der Waals surface area contributed by atoms with E-state index in [1.54, 1.807) is 12.1 Å². The standard InChI is InChI=1S/C23H26F2O4/c24-16-6-10-20-14(12-16)4-8-22(28-20)18(26)2-1-3-19(27)23-9-5-15-13-17(25)7-11-21(15)29-23/h6-7,10-13,18-19,22-23,26-27H,1-5,8-9H2/t18-,19-,22-,23+/m1/s1. The zero-order chi connectivity index (χ0) is 20.4. The van der Waals surface area contributed by atoms with E-state index in [1.807, 2.05) is 0 Å². The van der Waals surface area contributed by atoms with E-state index in [1.165, 1.54) is 24.3 Å². The predicted octanol–water partition coefficient (Wildman–Crippen LogP) is 3.94. The maximum absolute atomic E-state index is 13.3. The van der Waals surface area contributed by atoms with Gasteiger partial charge in [-0.3, -0.25) is 0 Å². The largest absolute Gasteiger partial charge is 0.487 e. The Bertz CT molecular complexity index is 787. The van der Waals surface area contributed by atoms with Crippen LogP contribution in [-0.4, -0.2) is 34.6 Å². The van der Waals surface area contributed by atoms with Crippen LogP contribution < -0.4 is 9.47 Å². The Morgan fingerprint density at radius 3 is 1.69 bits per heavy atom. The second-order valence-corrected chi connectivity index (χ2v) is 7.96. The number of benzene rings is 2. The van der Waals surface area contributed by atoms with Crippen molar-refractivity contribution < 1.29 is 28.5 Å². The minimum atomic E-state index is -0.642. The third-order valence-corrected chi connectivity index (χ3v) is 5.86. The molecule has 6 heteroatoms. The van der Waals surface area contributed by atoms with Gasteiger partial charge in [0.25, 0.3) is 0 Å². The topological polar surface area (TPSA) is 58.9 Å². The lowest BCUT2D eigenvalue weighted by molar-refractivity contribution is 0.00133. The summed E-state index contributed by atoms with van der Waals surface area (Å²) in [5.74, 6) is 0.705. The van der Waals surface area contributed by atoms with Gasteiger partial charge in [-0.1, -0.05) is 0 Å². The summed E-state index contributed by atoms with van der Waals surface area (Å²) in [6, 6.07) is 8.89. The maximum Gasteiger partial charge on any atom is 0.125 e. The fourth-order valence-electron chi connectivity index (χ4n) is 4.21. The zero-order valence-electron chi connectivity index (χ0n) is 16.2. The van der Waals surface area contributed by atoms with Gasteiger partial charge in [-0.15, -0.1) is 0 Å². The van der Waals surface area contributed by atoms with E-state index in [2.05, 4.69) is 0 Å². The molecule has 0 saturated heterocycles. The van der Waals surface area contributed by atoms with Gasteiger partial charge in [-0.05, 0) is 92.5 Å². The van der Waals surface area contributed by atoms with E-state index >= 15 is 0 Å². The van der Waals surface area contributed by atoms with Crippen LogP contribution in [0.25, 0.3) is 0 Å². The number of rotatable bonds is 6. The fraction of sp³-hybridized carbons (Fsp3) is 0.478. The molecule has 0 radical (unpaired) electrons. The highest BCUT2D eigenvalue weighted by Crippen LogP contribution is 2.32. The normalized spacial score (nSPS) is 22.6. The lowest BCUT2D eigenvalue weighted by Crippen LogP contribution is -2.36. The molecule has 29 heavy (non-hydrogen) atoms. The molecule has 156 valence electrons. The molecule has 4 rings (SSSR count). The van der Waals surface area contributed by atoms with Crippen LogP contribution in [0.15, 0.2) is 36.4 Å². The molecular weight excluding hydrogens is 378 g/mol. The van der Waals surface area contributed by atoms with Crippen molar-refractivity contribution in [2.45, 2.75) is 69.4 Å². The number of ether oxygens (including phenoxy) is 2. The molecule has 2 heterocycles.